The molecule has 0 unspecified atom stereocenters. The van der Waals surface area contributed by atoms with Crippen molar-refractivity contribution in [2.45, 2.75) is 13.3 Å². The lowest BCUT2D eigenvalue weighted by Gasteiger charge is -2.24. The van der Waals surface area contributed by atoms with Gasteiger partial charge >= 0.3 is 5.97 Å². The number of carbonyl (C=O) groups is 2. The summed E-state index contributed by atoms with van der Waals surface area (Å²) in [5.74, 6) is -0.940. The van der Waals surface area contributed by atoms with Gasteiger partial charge < -0.3 is 10.0 Å². The first kappa shape index (κ1) is 10.5. The molecule has 0 bridgehead atoms. The van der Waals surface area contributed by atoms with Crippen LogP contribution in [0.3, 0.4) is 0 Å². The predicted octanol–water partition coefficient (Wildman–Crippen LogP) is 0.806. The molecule has 4 heteroatoms. The third-order valence-electron chi connectivity index (χ3n) is 2.06. The lowest BCUT2D eigenvalue weighted by Crippen LogP contribution is -2.33. The van der Waals surface area contributed by atoms with Gasteiger partial charge in [0.25, 0.3) is 0 Å². The summed E-state index contributed by atoms with van der Waals surface area (Å²) >= 11 is 0. The second-order valence-corrected chi connectivity index (χ2v) is 3.18. The molecule has 0 aliphatic carbocycles. The van der Waals surface area contributed by atoms with Gasteiger partial charge in [-0.1, -0.05) is 12.2 Å². The van der Waals surface area contributed by atoms with Gasteiger partial charge in [-0.05, 0) is 12.0 Å². The minimum absolute atomic E-state index is 0.0272. The summed E-state index contributed by atoms with van der Waals surface area (Å²) in [5, 5.41) is 8.42. The Balaban J connectivity index is 2.59. The van der Waals surface area contributed by atoms with Crippen LogP contribution in [0.15, 0.2) is 23.8 Å². The monoisotopic (exact) mass is 195 g/mol. The van der Waals surface area contributed by atoms with Crippen molar-refractivity contribution in [2.24, 2.45) is 0 Å². The van der Waals surface area contributed by atoms with Crippen LogP contribution in [0.4, 0.5) is 0 Å². The smallest absolute Gasteiger partial charge is 0.328 e. The summed E-state index contributed by atoms with van der Waals surface area (Å²) in [6.07, 6.45) is 5.38. The molecule has 0 atom stereocenters. The number of nitrogens with zero attached hydrogens (tertiary/aromatic N) is 1. The quantitative estimate of drug-likeness (QED) is 0.663. The molecule has 76 valence electrons. The zero-order valence-corrected chi connectivity index (χ0v) is 8.06. The van der Waals surface area contributed by atoms with Crippen molar-refractivity contribution in [1.82, 2.24) is 4.90 Å². The Morgan fingerprint density at radius 1 is 1.57 bits per heavy atom. The zero-order chi connectivity index (χ0) is 10.6. The second kappa shape index (κ2) is 4.60. The van der Waals surface area contributed by atoms with Crippen molar-refractivity contribution in [1.29, 1.82) is 0 Å². The van der Waals surface area contributed by atoms with E-state index in [9.17, 15) is 9.59 Å². The molecule has 0 saturated carbocycles. The molecule has 1 heterocycles. The maximum Gasteiger partial charge on any atom is 0.328 e. The van der Waals surface area contributed by atoms with Crippen LogP contribution in [0.5, 0.6) is 0 Å². The molecule has 4 nitrogen and oxygen atoms in total. The van der Waals surface area contributed by atoms with E-state index in [1.54, 1.807) is 4.90 Å². The van der Waals surface area contributed by atoms with E-state index in [0.717, 1.165) is 24.6 Å². The van der Waals surface area contributed by atoms with Gasteiger partial charge in [-0.15, -0.1) is 0 Å². The first-order valence-corrected chi connectivity index (χ1v) is 4.45. The van der Waals surface area contributed by atoms with Crippen LogP contribution in [0.1, 0.15) is 13.3 Å². The van der Waals surface area contributed by atoms with Gasteiger partial charge in [0, 0.05) is 26.1 Å². The van der Waals surface area contributed by atoms with Crippen molar-refractivity contribution in [3.05, 3.63) is 23.8 Å². The van der Waals surface area contributed by atoms with Gasteiger partial charge in [-0.2, -0.15) is 0 Å². The Labute approximate surface area is 82.5 Å². The molecular formula is C10H13NO3. The van der Waals surface area contributed by atoms with Crippen molar-refractivity contribution in [3.8, 4) is 0 Å². The Kier molecular flexibility index (Phi) is 3.45. The summed E-state index contributed by atoms with van der Waals surface area (Å²) in [6.45, 7) is 2.75. The number of aliphatic carboxylic acids is 1. The lowest BCUT2D eigenvalue weighted by molar-refractivity contribution is -0.131. The molecule has 1 aliphatic heterocycles. The SMILES string of the molecule is CC(=O)N1CCC=C(/C=C/C(=O)O)C1. The summed E-state index contributed by atoms with van der Waals surface area (Å²) in [7, 11) is 0. The molecule has 1 N–H and O–H groups in total. The maximum absolute atomic E-state index is 11.0. The standard InChI is InChI=1S/C10H13NO3/c1-8(12)11-6-2-3-9(7-11)4-5-10(13)14/h3-5H,2,6-7H2,1H3,(H,13,14)/b5-4+. The highest BCUT2D eigenvalue weighted by Crippen LogP contribution is 2.10. The number of rotatable bonds is 2. The molecule has 0 aromatic heterocycles. The van der Waals surface area contributed by atoms with Crippen LogP contribution in [0, 0.1) is 0 Å². The van der Waals surface area contributed by atoms with Crippen molar-refractivity contribution in [3.63, 3.8) is 0 Å². The number of carboxylic acids is 1. The molecule has 0 saturated heterocycles. The zero-order valence-electron chi connectivity index (χ0n) is 8.06. The fourth-order valence-corrected chi connectivity index (χ4v) is 1.34. The highest BCUT2D eigenvalue weighted by Gasteiger charge is 2.12. The summed E-state index contributed by atoms with van der Waals surface area (Å²) in [4.78, 5) is 23.0. The fraction of sp³-hybridized carbons (Fsp3) is 0.400. The Bertz CT molecular complexity index is 304. The van der Waals surface area contributed by atoms with E-state index in [2.05, 4.69) is 0 Å². The van der Waals surface area contributed by atoms with E-state index in [1.807, 2.05) is 6.08 Å². The van der Waals surface area contributed by atoms with Crippen molar-refractivity contribution < 1.29 is 14.7 Å². The predicted molar refractivity (Wildman–Crippen MR) is 51.7 cm³/mol. The van der Waals surface area contributed by atoms with E-state index in [0.29, 0.717) is 6.54 Å². The van der Waals surface area contributed by atoms with E-state index < -0.39 is 5.97 Å². The van der Waals surface area contributed by atoms with E-state index in [-0.39, 0.29) is 5.91 Å². The van der Waals surface area contributed by atoms with Gasteiger partial charge in [0.2, 0.25) is 5.91 Å². The van der Waals surface area contributed by atoms with Crippen LogP contribution in [0.25, 0.3) is 0 Å². The molecule has 14 heavy (non-hydrogen) atoms. The lowest BCUT2D eigenvalue weighted by atomic mass is 10.1. The topological polar surface area (TPSA) is 57.6 Å². The molecule has 0 fully saturated rings. The number of carbonyl (C=O) groups excluding carboxylic acids is 1. The molecule has 1 aliphatic rings. The number of carboxylic acid groups (broad SMARTS) is 1. The fourth-order valence-electron chi connectivity index (χ4n) is 1.34. The third-order valence-corrected chi connectivity index (χ3v) is 2.06. The third kappa shape index (κ3) is 3.05. The van der Waals surface area contributed by atoms with Crippen LogP contribution >= 0.6 is 0 Å². The van der Waals surface area contributed by atoms with Crippen molar-refractivity contribution >= 4 is 11.9 Å². The number of hydrogen-bond donors (Lipinski definition) is 1. The average Bonchev–Trinajstić information content (AvgIpc) is 2.15. The minimum atomic E-state index is -0.967. The van der Waals surface area contributed by atoms with Crippen LogP contribution in [-0.2, 0) is 9.59 Å². The second-order valence-electron chi connectivity index (χ2n) is 3.18. The van der Waals surface area contributed by atoms with Crippen LogP contribution in [-0.4, -0.2) is 35.0 Å². The normalized spacial score (nSPS) is 16.9. The van der Waals surface area contributed by atoms with Crippen LogP contribution < -0.4 is 0 Å². The first-order chi connectivity index (χ1) is 6.59. The largest absolute Gasteiger partial charge is 0.478 e. The average molecular weight is 195 g/mol. The maximum atomic E-state index is 11.0. The Hall–Kier alpha value is -1.58. The van der Waals surface area contributed by atoms with E-state index >= 15 is 0 Å². The molecule has 0 spiro atoms. The molecule has 1 amide bonds. The molecule has 1 rings (SSSR count). The molecule has 0 aromatic rings. The highest BCUT2D eigenvalue weighted by molar-refractivity contribution is 5.80. The van der Waals surface area contributed by atoms with Gasteiger partial charge in [0.1, 0.15) is 0 Å². The summed E-state index contributed by atoms with van der Waals surface area (Å²) in [6, 6.07) is 0. The Morgan fingerprint density at radius 3 is 2.86 bits per heavy atom. The Morgan fingerprint density at radius 2 is 2.29 bits per heavy atom. The summed E-state index contributed by atoms with van der Waals surface area (Å²) in [5.41, 5.74) is 0.883. The number of hydrogen-bond acceptors (Lipinski definition) is 2. The van der Waals surface area contributed by atoms with E-state index in [4.69, 9.17) is 5.11 Å². The van der Waals surface area contributed by atoms with Gasteiger partial charge in [-0.25, -0.2) is 4.79 Å². The molecular weight excluding hydrogens is 182 g/mol. The highest BCUT2D eigenvalue weighted by atomic mass is 16.4. The molecule has 0 aromatic carbocycles. The van der Waals surface area contributed by atoms with Gasteiger partial charge in [0.15, 0.2) is 0 Å². The number of amides is 1. The van der Waals surface area contributed by atoms with Gasteiger partial charge in [0.05, 0.1) is 0 Å². The van der Waals surface area contributed by atoms with Gasteiger partial charge in [-0.3, -0.25) is 4.79 Å². The first-order valence-electron chi connectivity index (χ1n) is 4.45. The molecule has 0 radical (unpaired) electrons. The van der Waals surface area contributed by atoms with Crippen LogP contribution in [0.2, 0.25) is 0 Å². The minimum Gasteiger partial charge on any atom is -0.478 e. The van der Waals surface area contributed by atoms with Crippen molar-refractivity contribution in [2.75, 3.05) is 13.1 Å². The summed E-state index contributed by atoms with van der Waals surface area (Å²) < 4.78 is 0. The van der Waals surface area contributed by atoms with E-state index in [1.165, 1.54) is 13.0 Å².